The van der Waals surface area contributed by atoms with Gasteiger partial charge in [0, 0.05) is 26.6 Å². The van der Waals surface area contributed by atoms with Gasteiger partial charge in [0.1, 0.15) is 0 Å². The van der Waals surface area contributed by atoms with Crippen LogP contribution in [0, 0.1) is 0 Å². The average Bonchev–Trinajstić information content (AvgIpc) is 2.60. The third-order valence-corrected chi connectivity index (χ3v) is 2.81. The highest BCUT2D eigenvalue weighted by Gasteiger charge is 2.47. The van der Waals surface area contributed by atoms with Gasteiger partial charge >= 0.3 is 5.97 Å². The molecule has 0 aromatic carbocycles. The van der Waals surface area contributed by atoms with Crippen LogP contribution in [0.15, 0.2) is 0 Å². The fourth-order valence-corrected chi connectivity index (χ4v) is 1.82. The van der Waals surface area contributed by atoms with Crippen LogP contribution in [0.25, 0.3) is 0 Å². The lowest BCUT2D eigenvalue weighted by molar-refractivity contribution is -0.237. The number of hydrogen-bond donors (Lipinski definition) is 2. The molecule has 0 aromatic heterocycles. The second kappa shape index (κ2) is 4.89. The Balaban J connectivity index is 2.63. The summed E-state index contributed by atoms with van der Waals surface area (Å²) in [5.74, 6) is -1.01. The lowest BCUT2D eigenvalue weighted by Crippen LogP contribution is -2.47. The highest BCUT2D eigenvalue weighted by Crippen LogP contribution is 2.27. The molecule has 2 unspecified atom stereocenters. The van der Waals surface area contributed by atoms with Gasteiger partial charge in [0.05, 0.1) is 5.60 Å². The van der Waals surface area contributed by atoms with E-state index in [0.29, 0.717) is 13.0 Å². The molecular formula is C11H21NO5. The molecular weight excluding hydrogens is 226 g/mol. The maximum atomic E-state index is 11.1. The predicted molar refractivity (Wildman–Crippen MR) is 60.4 cm³/mol. The number of likely N-dealkylation sites (tertiary alicyclic amines) is 1. The van der Waals surface area contributed by atoms with Crippen molar-refractivity contribution in [3.05, 3.63) is 0 Å². The van der Waals surface area contributed by atoms with Gasteiger partial charge in [-0.3, -0.25) is 4.90 Å². The second-order valence-electron chi connectivity index (χ2n) is 5.28. The lowest BCUT2D eigenvalue weighted by atomic mass is 10.0. The highest BCUT2D eigenvalue weighted by molar-refractivity contribution is 5.78. The Morgan fingerprint density at radius 1 is 1.47 bits per heavy atom. The number of carbonyl (C=O) groups is 1. The minimum Gasteiger partial charge on any atom is -0.479 e. The van der Waals surface area contributed by atoms with Crippen molar-refractivity contribution in [2.45, 2.75) is 44.8 Å². The molecule has 100 valence electrons. The smallest absolute Gasteiger partial charge is 0.337 e. The molecule has 0 saturated carbocycles. The molecule has 17 heavy (non-hydrogen) atoms. The zero-order valence-corrected chi connectivity index (χ0v) is 10.8. The summed E-state index contributed by atoms with van der Waals surface area (Å²) in [5, 5.41) is 19.0. The molecule has 0 aliphatic carbocycles. The summed E-state index contributed by atoms with van der Waals surface area (Å²) >= 11 is 0. The van der Waals surface area contributed by atoms with Crippen molar-refractivity contribution < 1.29 is 24.5 Å². The SMILES string of the molecule is COC1(C(=O)O)CCN(C(O)OC(C)(C)C)C1. The number of ether oxygens (including phenoxy) is 2. The summed E-state index contributed by atoms with van der Waals surface area (Å²) in [7, 11) is 1.37. The number of carboxylic acid groups (broad SMARTS) is 1. The molecule has 1 aliphatic heterocycles. The zero-order valence-electron chi connectivity index (χ0n) is 10.8. The fraction of sp³-hybridized carbons (Fsp3) is 0.909. The van der Waals surface area contributed by atoms with E-state index in [-0.39, 0.29) is 6.54 Å². The number of aliphatic hydroxyl groups is 1. The Morgan fingerprint density at radius 3 is 2.41 bits per heavy atom. The first-order valence-electron chi connectivity index (χ1n) is 5.59. The molecule has 0 amide bonds. The molecule has 6 nitrogen and oxygen atoms in total. The molecule has 1 rings (SSSR count). The predicted octanol–water partition coefficient (Wildman–Crippen LogP) is 0.253. The largest absolute Gasteiger partial charge is 0.479 e. The Bertz CT molecular complexity index is 288. The van der Waals surface area contributed by atoms with Gasteiger partial charge in [0.2, 0.25) is 6.41 Å². The van der Waals surface area contributed by atoms with Crippen LogP contribution in [0.4, 0.5) is 0 Å². The first-order chi connectivity index (χ1) is 7.70. The van der Waals surface area contributed by atoms with E-state index in [2.05, 4.69) is 0 Å². The van der Waals surface area contributed by atoms with Crippen molar-refractivity contribution in [2.24, 2.45) is 0 Å². The van der Waals surface area contributed by atoms with Crippen LogP contribution in [0.1, 0.15) is 27.2 Å². The molecule has 0 aromatic rings. The minimum absolute atomic E-state index is 0.121. The van der Waals surface area contributed by atoms with Gasteiger partial charge in [-0.1, -0.05) is 0 Å². The van der Waals surface area contributed by atoms with E-state index in [9.17, 15) is 9.90 Å². The molecule has 0 spiro atoms. The number of carboxylic acids is 1. The monoisotopic (exact) mass is 247 g/mol. The average molecular weight is 247 g/mol. The maximum Gasteiger partial charge on any atom is 0.337 e. The third kappa shape index (κ3) is 3.38. The van der Waals surface area contributed by atoms with Crippen LogP contribution in [-0.4, -0.2) is 58.9 Å². The molecule has 1 aliphatic rings. The van der Waals surface area contributed by atoms with Crippen molar-refractivity contribution in [2.75, 3.05) is 20.2 Å². The van der Waals surface area contributed by atoms with Gasteiger partial charge in [0.15, 0.2) is 5.60 Å². The maximum absolute atomic E-state index is 11.1. The first-order valence-corrected chi connectivity index (χ1v) is 5.59. The highest BCUT2D eigenvalue weighted by atomic mass is 16.6. The van der Waals surface area contributed by atoms with E-state index in [1.54, 1.807) is 4.90 Å². The van der Waals surface area contributed by atoms with E-state index >= 15 is 0 Å². The quantitative estimate of drug-likeness (QED) is 0.693. The number of aliphatic carboxylic acids is 1. The van der Waals surface area contributed by atoms with Crippen LogP contribution in [-0.2, 0) is 14.3 Å². The van der Waals surface area contributed by atoms with Crippen molar-refractivity contribution in [1.82, 2.24) is 4.90 Å². The molecule has 0 bridgehead atoms. The van der Waals surface area contributed by atoms with E-state index in [1.165, 1.54) is 7.11 Å². The van der Waals surface area contributed by atoms with Crippen molar-refractivity contribution in [3.63, 3.8) is 0 Å². The summed E-state index contributed by atoms with van der Waals surface area (Å²) < 4.78 is 10.4. The van der Waals surface area contributed by atoms with Gasteiger partial charge in [-0.05, 0) is 20.8 Å². The first kappa shape index (κ1) is 14.4. The van der Waals surface area contributed by atoms with Crippen LogP contribution in [0.3, 0.4) is 0 Å². The molecule has 0 radical (unpaired) electrons. The van der Waals surface area contributed by atoms with E-state index in [0.717, 1.165) is 0 Å². The lowest BCUT2D eigenvalue weighted by Gasteiger charge is -2.30. The van der Waals surface area contributed by atoms with Crippen LogP contribution in [0.5, 0.6) is 0 Å². The van der Waals surface area contributed by atoms with Gasteiger partial charge in [-0.2, -0.15) is 0 Å². The van der Waals surface area contributed by atoms with Crippen molar-refractivity contribution in [1.29, 1.82) is 0 Å². The fourth-order valence-electron chi connectivity index (χ4n) is 1.82. The molecule has 1 heterocycles. The molecule has 2 atom stereocenters. The standard InChI is InChI=1S/C11H21NO5/c1-10(2,3)17-9(15)12-6-5-11(7-12,16-4)8(13)14/h9,15H,5-7H2,1-4H3,(H,13,14). The summed E-state index contributed by atoms with van der Waals surface area (Å²) in [5.41, 5.74) is -1.72. The Labute approximate surface area is 101 Å². The Kier molecular flexibility index (Phi) is 4.14. The normalized spacial score (nSPS) is 28.3. The number of rotatable bonds is 4. The number of nitrogens with zero attached hydrogens (tertiary/aromatic N) is 1. The van der Waals surface area contributed by atoms with Crippen molar-refractivity contribution >= 4 is 5.97 Å². The summed E-state index contributed by atoms with van der Waals surface area (Å²) in [6.07, 6.45) is -0.769. The number of aliphatic hydroxyl groups excluding tert-OH is 1. The van der Waals surface area contributed by atoms with E-state index in [4.69, 9.17) is 14.6 Å². The topological polar surface area (TPSA) is 79.2 Å². The summed E-state index contributed by atoms with van der Waals surface area (Å²) in [4.78, 5) is 12.7. The number of methoxy groups -OCH3 is 1. The molecule has 1 saturated heterocycles. The summed E-state index contributed by atoms with van der Waals surface area (Å²) in [6, 6.07) is 0. The van der Waals surface area contributed by atoms with Crippen molar-refractivity contribution in [3.8, 4) is 0 Å². The van der Waals surface area contributed by atoms with Crippen LogP contribution >= 0.6 is 0 Å². The zero-order chi connectivity index (χ0) is 13.3. The molecule has 1 fully saturated rings. The Hall–Kier alpha value is -0.690. The van der Waals surface area contributed by atoms with E-state index in [1.807, 2.05) is 20.8 Å². The van der Waals surface area contributed by atoms with Gasteiger partial charge in [-0.25, -0.2) is 4.79 Å². The van der Waals surface area contributed by atoms with Crippen LogP contribution in [0.2, 0.25) is 0 Å². The Morgan fingerprint density at radius 2 is 2.06 bits per heavy atom. The van der Waals surface area contributed by atoms with Gasteiger partial charge in [0.25, 0.3) is 0 Å². The minimum atomic E-state index is -1.23. The van der Waals surface area contributed by atoms with Gasteiger partial charge < -0.3 is 19.7 Å². The van der Waals surface area contributed by atoms with Gasteiger partial charge in [-0.15, -0.1) is 0 Å². The molecule has 2 N–H and O–H groups in total. The summed E-state index contributed by atoms with van der Waals surface area (Å²) in [6.45, 7) is 6.03. The van der Waals surface area contributed by atoms with E-state index < -0.39 is 23.6 Å². The van der Waals surface area contributed by atoms with Crippen LogP contribution < -0.4 is 0 Å². The number of hydrogen-bond acceptors (Lipinski definition) is 5. The third-order valence-electron chi connectivity index (χ3n) is 2.81. The molecule has 6 heteroatoms. The second-order valence-corrected chi connectivity index (χ2v) is 5.28.